The standard InChI is InChI=1S/C28H22Cl2FN3O3S/c1-17(19-5-3-2-4-6-19)32-28(35)26-23-16-38(36,37)15-20(13-18-7-10-22(31)11-8-18)27(23)34(33-26)25-12-9-21(29)14-24(25)30/h2-14,17H,15-16H2,1H3,(H,32,35)/t17-/m0/s1. The topological polar surface area (TPSA) is 81.1 Å². The lowest BCUT2D eigenvalue weighted by atomic mass is 10.0. The van der Waals surface area contributed by atoms with E-state index in [1.165, 1.54) is 16.8 Å². The minimum absolute atomic E-state index is 0.0120. The van der Waals surface area contributed by atoms with Crippen molar-refractivity contribution in [3.63, 3.8) is 0 Å². The molecule has 1 aromatic heterocycles. The Balaban J connectivity index is 1.68. The number of amides is 1. The highest BCUT2D eigenvalue weighted by molar-refractivity contribution is 7.91. The number of halogens is 3. The first kappa shape index (κ1) is 26.2. The fourth-order valence-electron chi connectivity index (χ4n) is 4.46. The maximum absolute atomic E-state index is 13.5. The number of sulfone groups is 1. The largest absolute Gasteiger partial charge is 0.344 e. The average Bonchev–Trinajstić information content (AvgIpc) is 3.24. The van der Waals surface area contributed by atoms with Crippen LogP contribution in [0.25, 0.3) is 17.3 Å². The van der Waals surface area contributed by atoms with Gasteiger partial charge in [-0.3, -0.25) is 4.79 Å². The van der Waals surface area contributed by atoms with E-state index >= 15 is 0 Å². The number of carbonyl (C=O) groups is 1. The van der Waals surface area contributed by atoms with Gasteiger partial charge < -0.3 is 5.32 Å². The van der Waals surface area contributed by atoms with Crippen LogP contribution in [0.3, 0.4) is 0 Å². The molecular weight excluding hydrogens is 548 g/mol. The van der Waals surface area contributed by atoms with Crippen LogP contribution >= 0.6 is 23.2 Å². The lowest BCUT2D eigenvalue weighted by Crippen LogP contribution is -2.29. The van der Waals surface area contributed by atoms with Gasteiger partial charge in [-0.25, -0.2) is 17.5 Å². The van der Waals surface area contributed by atoms with Crippen LogP contribution in [-0.2, 0) is 15.6 Å². The third kappa shape index (κ3) is 5.38. The van der Waals surface area contributed by atoms with E-state index in [1.54, 1.807) is 36.4 Å². The molecule has 0 spiro atoms. The second-order valence-corrected chi connectivity index (χ2v) is 12.0. The van der Waals surface area contributed by atoms with Gasteiger partial charge in [0, 0.05) is 10.6 Å². The van der Waals surface area contributed by atoms with E-state index in [2.05, 4.69) is 10.4 Å². The molecule has 1 aliphatic rings. The van der Waals surface area contributed by atoms with Gasteiger partial charge in [-0.15, -0.1) is 0 Å². The van der Waals surface area contributed by atoms with Crippen molar-refractivity contribution in [3.05, 3.63) is 117 Å². The summed E-state index contributed by atoms with van der Waals surface area (Å²) < 4.78 is 41.1. The average molecular weight is 570 g/mol. The number of hydrogen-bond acceptors (Lipinski definition) is 4. The second kappa shape index (κ2) is 10.4. The molecule has 0 aliphatic carbocycles. The number of nitrogens with zero attached hydrogens (tertiary/aromatic N) is 2. The zero-order valence-corrected chi connectivity index (χ0v) is 22.5. The summed E-state index contributed by atoms with van der Waals surface area (Å²) >= 11 is 12.6. The van der Waals surface area contributed by atoms with E-state index in [9.17, 15) is 17.6 Å². The van der Waals surface area contributed by atoms with Gasteiger partial charge in [0.1, 0.15) is 5.82 Å². The summed E-state index contributed by atoms with van der Waals surface area (Å²) in [5.41, 5.74) is 3.04. The first-order valence-electron chi connectivity index (χ1n) is 11.7. The van der Waals surface area contributed by atoms with Crippen LogP contribution in [0.15, 0.2) is 72.8 Å². The van der Waals surface area contributed by atoms with Crippen molar-refractivity contribution in [1.29, 1.82) is 0 Å². The molecule has 1 amide bonds. The fourth-order valence-corrected chi connectivity index (χ4v) is 6.46. The third-order valence-electron chi connectivity index (χ3n) is 6.24. The van der Waals surface area contributed by atoms with Crippen molar-refractivity contribution in [2.24, 2.45) is 0 Å². The van der Waals surface area contributed by atoms with Crippen LogP contribution < -0.4 is 5.32 Å². The van der Waals surface area contributed by atoms with Gasteiger partial charge in [0.2, 0.25) is 0 Å². The Morgan fingerprint density at radius 1 is 1.05 bits per heavy atom. The van der Waals surface area contributed by atoms with Crippen LogP contribution in [0.1, 0.15) is 45.8 Å². The highest BCUT2D eigenvalue weighted by atomic mass is 35.5. The van der Waals surface area contributed by atoms with Crippen molar-refractivity contribution in [2.75, 3.05) is 5.75 Å². The van der Waals surface area contributed by atoms with Crippen LogP contribution in [0, 0.1) is 5.82 Å². The number of carbonyl (C=O) groups excluding carboxylic acids is 1. The number of aromatic nitrogens is 2. The summed E-state index contributed by atoms with van der Waals surface area (Å²) in [5, 5.41) is 8.20. The van der Waals surface area contributed by atoms with Crippen LogP contribution in [0.4, 0.5) is 4.39 Å². The molecule has 1 aliphatic heterocycles. The summed E-state index contributed by atoms with van der Waals surface area (Å²) in [6, 6.07) is 19.6. The number of fused-ring (bicyclic) bond motifs is 1. The molecule has 4 aromatic rings. The summed E-state index contributed by atoms with van der Waals surface area (Å²) in [6.07, 6.45) is 1.66. The molecule has 0 fully saturated rings. The molecule has 6 nitrogen and oxygen atoms in total. The van der Waals surface area contributed by atoms with E-state index in [4.69, 9.17) is 23.2 Å². The summed E-state index contributed by atoms with van der Waals surface area (Å²) in [7, 11) is -3.63. The predicted octanol–water partition coefficient (Wildman–Crippen LogP) is 6.28. The van der Waals surface area contributed by atoms with Crippen molar-refractivity contribution in [3.8, 4) is 5.69 Å². The molecule has 194 valence electrons. The monoisotopic (exact) mass is 569 g/mol. The van der Waals surface area contributed by atoms with Gasteiger partial charge in [-0.2, -0.15) is 5.10 Å². The molecule has 38 heavy (non-hydrogen) atoms. The zero-order chi connectivity index (χ0) is 27.0. The molecule has 10 heteroatoms. The fraction of sp³-hybridized carbons (Fsp3) is 0.143. The van der Waals surface area contributed by atoms with E-state index in [-0.39, 0.29) is 33.8 Å². The Morgan fingerprint density at radius 2 is 1.76 bits per heavy atom. The van der Waals surface area contributed by atoms with Gasteiger partial charge in [0.25, 0.3) is 5.91 Å². The first-order chi connectivity index (χ1) is 18.1. The van der Waals surface area contributed by atoms with Gasteiger partial charge in [0.05, 0.1) is 34.0 Å². The molecule has 3 aromatic carbocycles. The smallest absolute Gasteiger partial charge is 0.272 e. The normalized spacial score (nSPS) is 16.2. The van der Waals surface area contributed by atoms with Crippen LogP contribution in [0.2, 0.25) is 10.0 Å². The number of hydrogen-bond donors (Lipinski definition) is 1. The van der Waals surface area contributed by atoms with Crippen molar-refractivity contribution in [1.82, 2.24) is 15.1 Å². The lowest BCUT2D eigenvalue weighted by molar-refractivity contribution is 0.0933. The summed E-state index contributed by atoms with van der Waals surface area (Å²) in [6.45, 7) is 1.84. The Kier molecular flexibility index (Phi) is 7.13. The zero-order valence-electron chi connectivity index (χ0n) is 20.2. The van der Waals surface area contributed by atoms with Crippen LogP contribution in [-0.4, -0.2) is 29.9 Å². The molecule has 1 N–H and O–H groups in total. The number of rotatable bonds is 5. The minimum Gasteiger partial charge on any atom is -0.344 e. The van der Waals surface area contributed by atoms with Crippen molar-refractivity contribution >= 4 is 50.6 Å². The SMILES string of the molecule is C[C@H](NC(=O)c1nn(-c2ccc(Cl)cc2Cl)c2c1CS(=O)(=O)CC2=Cc1ccc(F)cc1)c1ccccc1. The minimum atomic E-state index is -3.63. The molecule has 0 radical (unpaired) electrons. The van der Waals surface area contributed by atoms with Crippen LogP contribution in [0.5, 0.6) is 0 Å². The Labute approximate surface area is 229 Å². The maximum Gasteiger partial charge on any atom is 0.272 e. The van der Waals surface area contributed by atoms with E-state index in [0.29, 0.717) is 27.5 Å². The van der Waals surface area contributed by atoms with E-state index in [0.717, 1.165) is 5.56 Å². The molecule has 2 heterocycles. The highest BCUT2D eigenvalue weighted by Gasteiger charge is 2.35. The second-order valence-electron chi connectivity index (χ2n) is 9.04. The molecular formula is C28H22Cl2FN3O3S. The van der Waals surface area contributed by atoms with E-state index in [1.807, 2.05) is 37.3 Å². The third-order valence-corrected chi connectivity index (χ3v) is 8.26. The number of benzene rings is 3. The van der Waals surface area contributed by atoms with Gasteiger partial charge in [-0.1, -0.05) is 65.7 Å². The predicted molar refractivity (Wildman–Crippen MR) is 148 cm³/mol. The quantitative estimate of drug-likeness (QED) is 0.306. The van der Waals surface area contributed by atoms with Gasteiger partial charge >= 0.3 is 0 Å². The Hall–Kier alpha value is -3.46. The van der Waals surface area contributed by atoms with E-state index < -0.39 is 21.6 Å². The van der Waals surface area contributed by atoms with Gasteiger partial charge in [-0.05, 0) is 60.0 Å². The first-order valence-corrected chi connectivity index (χ1v) is 14.3. The molecule has 5 rings (SSSR count). The molecule has 0 bridgehead atoms. The molecule has 0 unspecified atom stereocenters. The highest BCUT2D eigenvalue weighted by Crippen LogP contribution is 2.37. The summed E-state index contributed by atoms with van der Waals surface area (Å²) in [5.74, 6) is -1.57. The molecule has 1 atom stereocenters. The Morgan fingerprint density at radius 3 is 2.45 bits per heavy atom. The van der Waals surface area contributed by atoms with Crippen molar-refractivity contribution in [2.45, 2.75) is 18.7 Å². The van der Waals surface area contributed by atoms with Crippen molar-refractivity contribution < 1.29 is 17.6 Å². The number of nitrogens with one attached hydrogen (secondary N) is 1. The van der Waals surface area contributed by atoms with Gasteiger partial charge in [0.15, 0.2) is 15.5 Å². The Bertz CT molecular complexity index is 1670. The maximum atomic E-state index is 13.5. The molecule has 0 saturated heterocycles. The molecule has 0 saturated carbocycles. The lowest BCUT2D eigenvalue weighted by Gasteiger charge is -2.19. The summed E-state index contributed by atoms with van der Waals surface area (Å²) in [4.78, 5) is 13.5.